The Balaban J connectivity index is 1.32. The van der Waals surface area contributed by atoms with Crippen molar-refractivity contribution in [1.82, 2.24) is 0 Å². The molecule has 4 rings (SSSR count). The second-order valence-corrected chi connectivity index (χ2v) is 8.22. The highest BCUT2D eigenvalue weighted by Gasteiger charge is 2.28. The summed E-state index contributed by atoms with van der Waals surface area (Å²) in [5, 5.41) is 5.57. The van der Waals surface area contributed by atoms with Crippen LogP contribution in [-0.4, -0.2) is 30.8 Å². The number of para-hydroxylation sites is 2. The number of benzene rings is 3. The van der Waals surface area contributed by atoms with Gasteiger partial charge < -0.3 is 20.1 Å². The molecule has 0 aliphatic carbocycles. The topological polar surface area (TPSA) is 76.7 Å². The number of rotatable bonds is 7. The van der Waals surface area contributed by atoms with Gasteiger partial charge in [0.2, 0.25) is 5.91 Å². The summed E-state index contributed by atoms with van der Waals surface area (Å²) in [5.41, 5.74) is 2.41. The summed E-state index contributed by atoms with van der Waals surface area (Å²) in [4.78, 5) is 26.1. The lowest BCUT2D eigenvalue weighted by atomic mass is 10.1. The quantitative estimate of drug-likeness (QED) is 0.578. The normalized spacial score (nSPS) is 14.4. The van der Waals surface area contributed by atoms with E-state index in [1.54, 1.807) is 55.3 Å². The van der Waals surface area contributed by atoms with Gasteiger partial charge in [-0.2, -0.15) is 0 Å². The van der Waals surface area contributed by atoms with Gasteiger partial charge in [-0.25, -0.2) is 0 Å². The molecule has 3 aromatic rings. The molecule has 0 saturated heterocycles. The average Bonchev–Trinajstić information content (AvgIpc) is 3.23. The van der Waals surface area contributed by atoms with Crippen LogP contribution in [0.1, 0.15) is 5.56 Å². The third-order valence-corrected chi connectivity index (χ3v) is 6.10. The molecule has 6 nitrogen and oxygen atoms in total. The van der Waals surface area contributed by atoms with Crippen molar-refractivity contribution in [3.05, 3.63) is 78.4 Å². The maximum atomic E-state index is 12.7. The van der Waals surface area contributed by atoms with E-state index in [1.807, 2.05) is 30.3 Å². The highest BCUT2D eigenvalue weighted by molar-refractivity contribution is 8.01. The van der Waals surface area contributed by atoms with Gasteiger partial charge in [0.05, 0.1) is 12.4 Å². The lowest BCUT2D eigenvalue weighted by Crippen LogP contribution is -2.25. The maximum Gasteiger partial charge on any atom is 0.262 e. The molecule has 0 radical (unpaired) electrons. The molecule has 0 aromatic heterocycles. The Morgan fingerprint density at radius 3 is 2.42 bits per heavy atom. The van der Waals surface area contributed by atoms with Gasteiger partial charge in [0.15, 0.2) is 18.1 Å². The summed E-state index contributed by atoms with van der Waals surface area (Å²) in [6.45, 7) is -0.159. The zero-order chi connectivity index (χ0) is 21.6. The van der Waals surface area contributed by atoms with Crippen LogP contribution in [0.5, 0.6) is 11.5 Å². The largest absolute Gasteiger partial charge is 0.493 e. The Morgan fingerprint density at radius 1 is 0.935 bits per heavy atom. The third kappa shape index (κ3) is 5.19. The fourth-order valence-corrected chi connectivity index (χ4v) is 4.50. The number of methoxy groups -OCH3 is 1. The Labute approximate surface area is 185 Å². The average molecular weight is 435 g/mol. The van der Waals surface area contributed by atoms with Crippen LogP contribution in [0.25, 0.3) is 0 Å². The van der Waals surface area contributed by atoms with Crippen LogP contribution in [0.15, 0.2) is 77.7 Å². The molecule has 158 valence electrons. The minimum atomic E-state index is -0.309. The highest BCUT2D eigenvalue weighted by Crippen LogP contribution is 2.37. The summed E-state index contributed by atoms with van der Waals surface area (Å²) in [5.74, 6) is 0.698. The van der Waals surface area contributed by atoms with Crippen molar-refractivity contribution in [3.63, 3.8) is 0 Å². The zero-order valence-electron chi connectivity index (χ0n) is 17.0. The van der Waals surface area contributed by atoms with E-state index in [1.165, 1.54) is 5.56 Å². The zero-order valence-corrected chi connectivity index (χ0v) is 17.8. The molecule has 2 amide bonds. The van der Waals surface area contributed by atoms with Crippen LogP contribution in [0.3, 0.4) is 0 Å². The number of thioether (sulfide) groups is 1. The van der Waals surface area contributed by atoms with E-state index in [0.717, 1.165) is 4.90 Å². The fourth-order valence-electron chi connectivity index (χ4n) is 3.30. The molecule has 0 fully saturated rings. The van der Waals surface area contributed by atoms with Gasteiger partial charge in [-0.3, -0.25) is 9.59 Å². The summed E-state index contributed by atoms with van der Waals surface area (Å²) in [6, 6.07) is 22.3. The first-order valence-electron chi connectivity index (χ1n) is 9.83. The van der Waals surface area contributed by atoms with Crippen molar-refractivity contribution in [2.24, 2.45) is 0 Å². The van der Waals surface area contributed by atoms with Gasteiger partial charge in [-0.1, -0.05) is 36.4 Å². The van der Waals surface area contributed by atoms with Crippen LogP contribution in [0.2, 0.25) is 0 Å². The molecule has 0 spiro atoms. The first kappa shape index (κ1) is 20.8. The Hall–Kier alpha value is -3.45. The second-order valence-electron chi connectivity index (χ2n) is 6.98. The molecular formula is C24H22N2O4S. The van der Waals surface area contributed by atoms with E-state index in [0.29, 0.717) is 29.3 Å². The molecule has 1 aliphatic rings. The maximum absolute atomic E-state index is 12.7. The molecule has 31 heavy (non-hydrogen) atoms. The predicted octanol–water partition coefficient (Wildman–Crippen LogP) is 4.37. The molecule has 2 N–H and O–H groups in total. The summed E-state index contributed by atoms with van der Waals surface area (Å²) in [6.07, 6.45) is 0.712. The number of carbonyl (C=O) groups excluding carboxylic acids is 2. The Morgan fingerprint density at radius 2 is 1.65 bits per heavy atom. The molecule has 1 unspecified atom stereocenters. The van der Waals surface area contributed by atoms with Crippen molar-refractivity contribution in [2.45, 2.75) is 16.6 Å². The van der Waals surface area contributed by atoms with Crippen molar-refractivity contribution < 1.29 is 19.1 Å². The summed E-state index contributed by atoms with van der Waals surface area (Å²) < 4.78 is 10.8. The van der Waals surface area contributed by atoms with Crippen LogP contribution in [0, 0.1) is 0 Å². The van der Waals surface area contributed by atoms with Crippen molar-refractivity contribution in [1.29, 1.82) is 0 Å². The van der Waals surface area contributed by atoms with E-state index < -0.39 is 0 Å². The Kier molecular flexibility index (Phi) is 6.43. The lowest BCUT2D eigenvalue weighted by Gasteiger charge is -2.12. The molecule has 1 heterocycles. The van der Waals surface area contributed by atoms with E-state index in [2.05, 4.69) is 16.7 Å². The fraction of sp³-hybridized carbons (Fsp3) is 0.167. The minimum absolute atomic E-state index is 0.0517. The molecule has 0 saturated carbocycles. The van der Waals surface area contributed by atoms with E-state index in [9.17, 15) is 9.59 Å². The number of hydrogen-bond acceptors (Lipinski definition) is 5. The number of fused-ring (bicyclic) bond motifs is 1. The van der Waals surface area contributed by atoms with Gasteiger partial charge in [-0.05, 0) is 48.4 Å². The minimum Gasteiger partial charge on any atom is -0.493 e. The molecular weight excluding hydrogens is 412 g/mol. The number of hydrogen-bond donors (Lipinski definition) is 2. The van der Waals surface area contributed by atoms with Crippen LogP contribution >= 0.6 is 11.8 Å². The number of nitrogens with one attached hydrogen (secondary N) is 2. The first-order chi connectivity index (χ1) is 15.1. The smallest absolute Gasteiger partial charge is 0.262 e. The monoisotopic (exact) mass is 434 g/mol. The van der Waals surface area contributed by atoms with Gasteiger partial charge in [0.1, 0.15) is 0 Å². The van der Waals surface area contributed by atoms with E-state index in [4.69, 9.17) is 9.47 Å². The van der Waals surface area contributed by atoms with Crippen LogP contribution in [0.4, 0.5) is 11.4 Å². The molecule has 1 atom stereocenters. The standard InChI is InChI=1S/C24H22N2O4S/c1-29-19-10-3-4-11-20(19)30-15-23(27)25-17-8-6-9-18(14-17)26-24(28)22-13-16-7-2-5-12-21(16)31-22/h2-12,14,22H,13,15H2,1H3,(H,25,27)(H,26,28). The number of amides is 2. The SMILES string of the molecule is COc1ccccc1OCC(=O)Nc1cccc(NC(=O)C2Cc3ccccc3S2)c1. The predicted molar refractivity (Wildman–Crippen MR) is 122 cm³/mol. The van der Waals surface area contributed by atoms with Crippen LogP contribution in [-0.2, 0) is 16.0 Å². The van der Waals surface area contributed by atoms with Crippen molar-refractivity contribution in [3.8, 4) is 11.5 Å². The van der Waals surface area contributed by atoms with Gasteiger partial charge in [0, 0.05) is 16.3 Å². The van der Waals surface area contributed by atoms with Gasteiger partial charge >= 0.3 is 0 Å². The third-order valence-electron chi connectivity index (χ3n) is 4.78. The lowest BCUT2D eigenvalue weighted by molar-refractivity contribution is -0.118. The van der Waals surface area contributed by atoms with Crippen molar-refractivity contribution in [2.75, 3.05) is 24.4 Å². The Bertz CT molecular complexity index is 1080. The molecule has 0 bridgehead atoms. The molecule has 3 aromatic carbocycles. The molecule has 7 heteroatoms. The van der Waals surface area contributed by atoms with Crippen molar-refractivity contribution >= 4 is 35.0 Å². The van der Waals surface area contributed by atoms with Gasteiger partial charge in [0.25, 0.3) is 5.91 Å². The highest BCUT2D eigenvalue weighted by atomic mass is 32.2. The molecule has 1 aliphatic heterocycles. The first-order valence-corrected chi connectivity index (χ1v) is 10.7. The van der Waals surface area contributed by atoms with Gasteiger partial charge in [-0.15, -0.1) is 11.8 Å². The van der Waals surface area contributed by atoms with Crippen LogP contribution < -0.4 is 20.1 Å². The number of carbonyl (C=O) groups is 2. The van der Waals surface area contributed by atoms with E-state index in [-0.39, 0.29) is 23.7 Å². The summed E-state index contributed by atoms with van der Waals surface area (Å²) >= 11 is 1.58. The number of ether oxygens (including phenoxy) is 2. The number of anilines is 2. The van der Waals surface area contributed by atoms with E-state index >= 15 is 0 Å². The second kappa shape index (κ2) is 9.57. The summed E-state index contributed by atoms with van der Waals surface area (Å²) in [7, 11) is 1.55.